The van der Waals surface area contributed by atoms with Gasteiger partial charge in [0, 0.05) is 17.3 Å². The van der Waals surface area contributed by atoms with Crippen molar-refractivity contribution in [3.05, 3.63) is 41.5 Å². The van der Waals surface area contributed by atoms with Crippen molar-refractivity contribution in [3.8, 4) is 0 Å². The quantitative estimate of drug-likeness (QED) is 0.496. The SMILES string of the molecule is Cc1ccc(NC(=S)N/N=C2/C[C@@H]3CC=C[C@H]23)c(C)c1. The van der Waals surface area contributed by atoms with Gasteiger partial charge in [0.2, 0.25) is 0 Å². The van der Waals surface area contributed by atoms with E-state index >= 15 is 0 Å². The van der Waals surface area contributed by atoms with Crippen LogP contribution in [0, 0.1) is 25.7 Å². The van der Waals surface area contributed by atoms with Gasteiger partial charge in [-0.1, -0.05) is 29.8 Å². The van der Waals surface area contributed by atoms with Gasteiger partial charge in [-0.2, -0.15) is 5.10 Å². The Hall–Kier alpha value is -1.68. The molecule has 0 heterocycles. The van der Waals surface area contributed by atoms with E-state index in [1.54, 1.807) is 0 Å². The van der Waals surface area contributed by atoms with Crippen molar-refractivity contribution in [2.24, 2.45) is 16.9 Å². The third kappa shape index (κ3) is 2.61. The molecule has 0 unspecified atom stereocenters. The van der Waals surface area contributed by atoms with Crippen LogP contribution >= 0.6 is 12.2 Å². The number of nitrogens with zero attached hydrogens (tertiary/aromatic N) is 1. The fourth-order valence-electron chi connectivity index (χ4n) is 2.89. The van der Waals surface area contributed by atoms with Crippen LogP contribution in [0.3, 0.4) is 0 Å². The minimum absolute atomic E-state index is 0.548. The molecule has 1 fully saturated rings. The van der Waals surface area contributed by atoms with E-state index in [2.05, 4.69) is 54.0 Å². The van der Waals surface area contributed by atoms with Crippen LogP contribution in [0.4, 0.5) is 5.69 Å². The van der Waals surface area contributed by atoms with Crippen molar-refractivity contribution < 1.29 is 0 Å². The van der Waals surface area contributed by atoms with Gasteiger partial charge in [0.1, 0.15) is 0 Å². The van der Waals surface area contributed by atoms with Crippen LogP contribution in [0.2, 0.25) is 0 Å². The summed E-state index contributed by atoms with van der Waals surface area (Å²) >= 11 is 5.29. The average molecular weight is 285 g/mol. The zero-order chi connectivity index (χ0) is 14.1. The van der Waals surface area contributed by atoms with E-state index in [0.717, 1.165) is 18.0 Å². The number of hydrogen-bond donors (Lipinski definition) is 2. The number of allylic oxidation sites excluding steroid dienone is 2. The lowest BCUT2D eigenvalue weighted by molar-refractivity contribution is 0.444. The van der Waals surface area contributed by atoms with Crippen LogP contribution in [0.25, 0.3) is 0 Å². The van der Waals surface area contributed by atoms with Gasteiger partial charge in [0.05, 0.1) is 0 Å². The van der Waals surface area contributed by atoms with Crippen molar-refractivity contribution in [3.63, 3.8) is 0 Å². The number of hydrazone groups is 1. The molecule has 2 atom stereocenters. The van der Waals surface area contributed by atoms with E-state index in [1.807, 2.05) is 6.07 Å². The minimum atomic E-state index is 0.548. The lowest BCUT2D eigenvalue weighted by atomic mass is 9.74. The second kappa shape index (κ2) is 5.37. The molecule has 20 heavy (non-hydrogen) atoms. The zero-order valence-corrected chi connectivity index (χ0v) is 12.6. The molecule has 3 rings (SSSR count). The molecule has 0 bridgehead atoms. The van der Waals surface area contributed by atoms with E-state index in [-0.39, 0.29) is 0 Å². The summed E-state index contributed by atoms with van der Waals surface area (Å²) in [6, 6.07) is 6.26. The largest absolute Gasteiger partial charge is 0.331 e. The highest BCUT2D eigenvalue weighted by atomic mass is 32.1. The first-order chi connectivity index (χ1) is 9.63. The molecule has 0 spiro atoms. The third-order valence-corrected chi connectivity index (χ3v) is 4.27. The van der Waals surface area contributed by atoms with Crippen molar-refractivity contribution in [1.82, 2.24) is 5.43 Å². The maximum absolute atomic E-state index is 5.29. The van der Waals surface area contributed by atoms with Gasteiger partial charge < -0.3 is 5.32 Å². The fraction of sp³-hybridized carbons (Fsp3) is 0.375. The van der Waals surface area contributed by atoms with Crippen molar-refractivity contribution >= 4 is 28.7 Å². The highest BCUT2D eigenvalue weighted by Crippen LogP contribution is 2.40. The molecule has 1 saturated carbocycles. The summed E-state index contributed by atoms with van der Waals surface area (Å²) in [5, 5.41) is 8.17. The molecule has 2 N–H and O–H groups in total. The van der Waals surface area contributed by atoms with Gasteiger partial charge in [0.25, 0.3) is 0 Å². The molecule has 0 saturated heterocycles. The van der Waals surface area contributed by atoms with Gasteiger partial charge in [0.15, 0.2) is 5.11 Å². The van der Waals surface area contributed by atoms with E-state index < -0.39 is 0 Å². The Balaban J connectivity index is 1.57. The summed E-state index contributed by atoms with van der Waals surface area (Å²) in [6.07, 6.45) is 6.81. The normalized spacial score (nSPS) is 25.2. The van der Waals surface area contributed by atoms with E-state index in [4.69, 9.17) is 12.2 Å². The van der Waals surface area contributed by atoms with Crippen LogP contribution in [-0.2, 0) is 0 Å². The molecule has 2 aliphatic carbocycles. The maximum Gasteiger partial charge on any atom is 0.191 e. The smallest absolute Gasteiger partial charge is 0.191 e. The summed E-state index contributed by atoms with van der Waals surface area (Å²) < 4.78 is 0. The van der Waals surface area contributed by atoms with Crippen LogP contribution in [0.1, 0.15) is 24.0 Å². The summed E-state index contributed by atoms with van der Waals surface area (Å²) in [7, 11) is 0. The number of rotatable bonds is 2. The lowest BCUT2D eigenvalue weighted by Gasteiger charge is -2.31. The third-order valence-electron chi connectivity index (χ3n) is 4.08. The number of nitrogens with one attached hydrogen (secondary N) is 2. The van der Waals surface area contributed by atoms with Crippen LogP contribution in [0.15, 0.2) is 35.5 Å². The Morgan fingerprint density at radius 1 is 1.35 bits per heavy atom. The predicted molar refractivity (Wildman–Crippen MR) is 88.1 cm³/mol. The molecule has 4 heteroatoms. The van der Waals surface area contributed by atoms with Crippen molar-refractivity contribution in [2.75, 3.05) is 5.32 Å². The van der Waals surface area contributed by atoms with Gasteiger partial charge in [-0.3, -0.25) is 5.43 Å². The summed E-state index contributed by atoms with van der Waals surface area (Å²) in [5.41, 5.74) is 7.64. The Morgan fingerprint density at radius 3 is 2.95 bits per heavy atom. The molecule has 2 aliphatic rings. The number of fused-ring (bicyclic) bond motifs is 1. The van der Waals surface area contributed by atoms with Crippen molar-refractivity contribution in [2.45, 2.75) is 26.7 Å². The van der Waals surface area contributed by atoms with Gasteiger partial charge in [-0.05, 0) is 56.5 Å². The highest BCUT2D eigenvalue weighted by molar-refractivity contribution is 7.80. The number of benzene rings is 1. The van der Waals surface area contributed by atoms with E-state index in [9.17, 15) is 0 Å². The van der Waals surface area contributed by atoms with Crippen LogP contribution in [-0.4, -0.2) is 10.8 Å². The number of aryl methyl sites for hydroxylation is 2. The summed E-state index contributed by atoms with van der Waals surface area (Å²) in [5.74, 6) is 1.34. The molecule has 104 valence electrons. The first-order valence-corrected chi connectivity index (χ1v) is 7.41. The van der Waals surface area contributed by atoms with Crippen LogP contribution in [0.5, 0.6) is 0 Å². The number of anilines is 1. The van der Waals surface area contributed by atoms with Gasteiger partial charge in [-0.25, -0.2) is 0 Å². The maximum atomic E-state index is 5.29. The molecule has 0 aliphatic heterocycles. The molecule has 3 nitrogen and oxygen atoms in total. The second-order valence-corrected chi connectivity index (χ2v) is 6.05. The molecule has 1 aromatic rings. The molecule has 0 radical (unpaired) electrons. The number of hydrogen-bond acceptors (Lipinski definition) is 2. The zero-order valence-electron chi connectivity index (χ0n) is 11.8. The Morgan fingerprint density at radius 2 is 2.20 bits per heavy atom. The molecular formula is C16H19N3S. The minimum Gasteiger partial charge on any atom is -0.331 e. The summed E-state index contributed by atoms with van der Waals surface area (Å²) in [4.78, 5) is 0. The summed E-state index contributed by atoms with van der Waals surface area (Å²) in [6.45, 7) is 4.16. The molecule has 1 aromatic carbocycles. The van der Waals surface area contributed by atoms with Gasteiger partial charge >= 0.3 is 0 Å². The van der Waals surface area contributed by atoms with Crippen molar-refractivity contribution in [1.29, 1.82) is 0 Å². The fourth-order valence-corrected chi connectivity index (χ4v) is 3.04. The topological polar surface area (TPSA) is 36.4 Å². The predicted octanol–water partition coefficient (Wildman–Crippen LogP) is 3.54. The van der Waals surface area contributed by atoms with E-state index in [0.29, 0.717) is 11.0 Å². The standard InChI is InChI=1S/C16H19N3S/c1-10-6-7-14(11(2)8-10)17-16(20)19-18-15-9-12-4-3-5-13(12)15/h3,5-8,12-13H,4,9H2,1-2H3,(H2,17,19,20)/b18-15-/t12-,13-/m0/s1. The molecule has 0 amide bonds. The Bertz CT molecular complexity index is 604. The highest BCUT2D eigenvalue weighted by Gasteiger charge is 2.37. The molecule has 0 aromatic heterocycles. The van der Waals surface area contributed by atoms with Gasteiger partial charge in [-0.15, -0.1) is 0 Å². The second-order valence-electron chi connectivity index (χ2n) is 5.64. The van der Waals surface area contributed by atoms with E-state index in [1.165, 1.54) is 23.3 Å². The monoisotopic (exact) mass is 285 g/mol. The first kappa shape index (κ1) is 13.3. The number of thiocarbonyl (C=S) groups is 1. The average Bonchev–Trinajstić information content (AvgIpc) is 2.75. The molecular weight excluding hydrogens is 266 g/mol. The Kier molecular flexibility index (Phi) is 3.57. The Labute approximate surface area is 125 Å². The lowest BCUT2D eigenvalue weighted by Crippen LogP contribution is -2.36. The first-order valence-electron chi connectivity index (χ1n) is 7.01. The van der Waals surface area contributed by atoms with Crippen LogP contribution < -0.4 is 10.7 Å².